The van der Waals surface area contributed by atoms with Crippen LogP contribution in [-0.2, 0) is 20.8 Å². The smallest absolute Gasteiger partial charge is 0.163 e. The number of hydrogen-bond acceptors (Lipinski definition) is 6. The predicted molar refractivity (Wildman–Crippen MR) is 126 cm³/mol. The van der Waals surface area contributed by atoms with Gasteiger partial charge in [-0.25, -0.2) is 0 Å². The summed E-state index contributed by atoms with van der Waals surface area (Å²) in [5, 5.41) is 34.3. The van der Waals surface area contributed by atoms with E-state index in [9.17, 15) is 15.3 Å². The molecule has 1 heterocycles. The Morgan fingerprint density at radius 2 is 1.58 bits per heavy atom. The van der Waals surface area contributed by atoms with E-state index in [2.05, 4.69) is 44.2 Å². The van der Waals surface area contributed by atoms with E-state index in [0.29, 0.717) is 13.0 Å². The van der Waals surface area contributed by atoms with Crippen molar-refractivity contribution in [2.45, 2.75) is 90.1 Å². The number of hydrogen-bond donors (Lipinski definition) is 3. The molecule has 0 bridgehead atoms. The molecule has 2 aromatic rings. The van der Waals surface area contributed by atoms with Gasteiger partial charge in [0, 0.05) is 5.92 Å². The van der Waals surface area contributed by atoms with Crippen molar-refractivity contribution in [3.8, 4) is 0 Å². The Hall–Kier alpha value is -1.54. The molecule has 0 radical (unpaired) electrons. The molecule has 2 aliphatic rings. The summed E-state index contributed by atoms with van der Waals surface area (Å²) in [6, 6.07) is 14.5. The van der Waals surface area contributed by atoms with E-state index in [4.69, 9.17) is 14.2 Å². The Kier molecular flexibility index (Phi) is 7.73. The highest BCUT2D eigenvalue weighted by molar-refractivity contribution is 5.82. The molecular weight excluding hydrogens is 420 g/mol. The van der Waals surface area contributed by atoms with Gasteiger partial charge in [-0.2, -0.15) is 0 Å². The van der Waals surface area contributed by atoms with E-state index in [1.807, 2.05) is 19.1 Å². The number of fused-ring (bicyclic) bond motifs is 1. The molecule has 182 valence electrons. The first-order chi connectivity index (χ1) is 15.8. The van der Waals surface area contributed by atoms with Gasteiger partial charge in [-0.05, 0) is 47.1 Å². The van der Waals surface area contributed by atoms with Crippen LogP contribution in [0.25, 0.3) is 10.8 Å². The topological polar surface area (TPSA) is 88.4 Å². The van der Waals surface area contributed by atoms with Gasteiger partial charge in [-0.3, -0.25) is 0 Å². The summed E-state index contributed by atoms with van der Waals surface area (Å²) in [6.07, 6.45) is -3.27. The molecule has 0 spiro atoms. The van der Waals surface area contributed by atoms with Crippen molar-refractivity contribution in [3.63, 3.8) is 0 Å². The zero-order valence-electron chi connectivity index (χ0n) is 20.0. The Morgan fingerprint density at radius 3 is 2.30 bits per heavy atom. The van der Waals surface area contributed by atoms with Crippen molar-refractivity contribution >= 4 is 10.8 Å². The van der Waals surface area contributed by atoms with Gasteiger partial charge < -0.3 is 29.5 Å². The van der Waals surface area contributed by atoms with Crippen molar-refractivity contribution in [1.82, 2.24) is 0 Å². The third kappa shape index (κ3) is 5.11. The monoisotopic (exact) mass is 458 g/mol. The third-order valence-electron chi connectivity index (χ3n) is 7.50. The van der Waals surface area contributed by atoms with Gasteiger partial charge in [0.15, 0.2) is 6.29 Å². The minimum Gasteiger partial charge on any atom is -0.390 e. The van der Waals surface area contributed by atoms with E-state index >= 15 is 0 Å². The number of ether oxygens (including phenoxy) is 3. The largest absolute Gasteiger partial charge is 0.390 e. The lowest BCUT2D eigenvalue weighted by Gasteiger charge is -2.47. The van der Waals surface area contributed by atoms with Crippen LogP contribution in [0.2, 0.25) is 0 Å². The van der Waals surface area contributed by atoms with Gasteiger partial charge in [0.25, 0.3) is 0 Å². The quantitative estimate of drug-likeness (QED) is 0.613. The fourth-order valence-corrected chi connectivity index (χ4v) is 5.43. The maximum Gasteiger partial charge on any atom is 0.163 e. The SMILES string of the molecule is CCC1OC(OC2C(C)CC(C)C(OCc3ccc4ccccc4c3)C2O)C(C)C(O)C1O. The van der Waals surface area contributed by atoms with Crippen molar-refractivity contribution in [1.29, 1.82) is 0 Å². The summed E-state index contributed by atoms with van der Waals surface area (Å²) in [5.74, 6) is -0.121. The molecule has 10 atom stereocenters. The molecule has 33 heavy (non-hydrogen) atoms. The van der Waals surface area contributed by atoms with E-state index in [-0.39, 0.29) is 17.9 Å². The first-order valence-corrected chi connectivity index (χ1v) is 12.2. The average Bonchev–Trinajstić information content (AvgIpc) is 2.81. The van der Waals surface area contributed by atoms with Crippen LogP contribution >= 0.6 is 0 Å². The maximum absolute atomic E-state index is 11.3. The van der Waals surface area contributed by atoms with Crippen LogP contribution in [0.15, 0.2) is 42.5 Å². The van der Waals surface area contributed by atoms with Crippen molar-refractivity contribution in [3.05, 3.63) is 48.0 Å². The van der Waals surface area contributed by atoms with Gasteiger partial charge in [0.05, 0.1) is 31.0 Å². The van der Waals surface area contributed by atoms with E-state index in [0.717, 1.165) is 12.0 Å². The van der Waals surface area contributed by atoms with Crippen LogP contribution in [-0.4, -0.2) is 58.2 Å². The van der Waals surface area contributed by atoms with Gasteiger partial charge in [-0.15, -0.1) is 0 Å². The van der Waals surface area contributed by atoms with Crippen molar-refractivity contribution in [2.75, 3.05) is 0 Å². The van der Waals surface area contributed by atoms with Gasteiger partial charge in [0.1, 0.15) is 12.2 Å². The normalized spacial score (nSPS) is 39.6. The number of aliphatic hydroxyl groups is 3. The van der Waals surface area contributed by atoms with Crippen LogP contribution in [0, 0.1) is 17.8 Å². The van der Waals surface area contributed by atoms with E-state index < -0.39 is 42.7 Å². The van der Waals surface area contributed by atoms with Crippen LogP contribution in [0.1, 0.15) is 46.1 Å². The summed E-state index contributed by atoms with van der Waals surface area (Å²) < 4.78 is 18.5. The summed E-state index contributed by atoms with van der Waals surface area (Å²) in [6.45, 7) is 8.30. The second kappa shape index (κ2) is 10.4. The first kappa shape index (κ1) is 24.6. The molecule has 4 rings (SSSR count). The molecule has 1 aliphatic heterocycles. The van der Waals surface area contributed by atoms with Gasteiger partial charge in [-0.1, -0.05) is 64.1 Å². The zero-order valence-corrected chi connectivity index (χ0v) is 20.0. The molecule has 2 aromatic carbocycles. The van der Waals surface area contributed by atoms with Crippen LogP contribution in [0.4, 0.5) is 0 Å². The van der Waals surface area contributed by atoms with Gasteiger partial charge >= 0.3 is 0 Å². The molecular formula is C27H38O6. The fourth-order valence-electron chi connectivity index (χ4n) is 5.43. The average molecular weight is 459 g/mol. The van der Waals surface area contributed by atoms with Crippen molar-refractivity contribution in [2.24, 2.45) is 17.8 Å². The molecule has 1 saturated heterocycles. The molecule has 0 aromatic heterocycles. The summed E-state index contributed by atoms with van der Waals surface area (Å²) in [7, 11) is 0. The Balaban J connectivity index is 1.44. The lowest BCUT2D eigenvalue weighted by atomic mass is 9.77. The predicted octanol–water partition coefficient (Wildman–Crippen LogP) is 3.64. The minimum absolute atomic E-state index is 0.107. The molecule has 1 saturated carbocycles. The standard InChI is InChI=1S/C27H38O6/c1-5-21-23(29)22(28)17(4)27(32-21)33-26-16(3)12-15(2)25(24(26)30)31-14-18-10-11-19-8-6-7-9-20(19)13-18/h6-11,13,15-17,21-30H,5,12,14H2,1-4H3. The van der Waals surface area contributed by atoms with Crippen molar-refractivity contribution < 1.29 is 29.5 Å². The lowest BCUT2D eigenvalue weighted by Crippen LogP contribution is -2.58. The zero-order chi connectivity index (χ0) is 23.7. The summed E-state index contributed by atoms with van der Waals surface area (Å²) in [5.41, 5.74) is 1.07. The molecule has 2 fully saturated rings. The summed E-state index contributed by atoms with van der Waals surface area (Å²) in [4.78, 5) is 0. The Bertz CT molecular complexity index is 916. The maximum atomic E-state index is 11.3. The molecule has 10 unspecified atom stereocenters. The minimum atomic E-state index is -0.934. The van der Waals surface area contributed by atoms with Gasteiger partial charge in [0.2, 0.25) is 0 Å². The molecule has 1 aliphatic carbocycles. The molecule has 6 nitrogen and oxygen atoms in total. The van der Waals surface area contributed by atoms with Crippen LogP contribution < -0.4 is 0 Å². The molecule has 3 N–H and O–H groups in total. The second-order valence-corrected chi connectivity index (χ2v) is 10.0. The third-order valence-corrected chi connectivity index (χ3v) is 7.50. The van der Waals surface area contributed by atoms with E-state index in [1.54, 1.807) is 6.92 Å². The Labute approximate surface area is 196 Å². The highest BCUT2D eigenvalue weighted by Crippen LogP contribution is 2.37. The Morgan fingerprint density at radius 1 is 0.879 bits per heavy atom. The lowest BCUT2D eigenvalue weighted by molar-refractivity contribution is -0.311. The number of rotatable bonds is 6. The summed E-state index contributed by atoms with van der Waals surface area (Å²) >= 11 is 0. The first-order valence-electron chi connectivity index (χ1n) is 12.2. The number of aliphatic hydroxyl groups excluding tert-OH is 3. The highest BCUT2D eigenvalue weighted by Gasteiger charge is 2.47. The molecule has 0 amide bonds. The second-order valence-electron chi connectivity index (χ2n) is 10.0. The fraction of sp³-hybridized carbons (Fsp3) is 0.630. The highest BCUT2D eigenvalue weighted by atomic mass is 16.7. The van der Waals surface area contributed by atoms with E-state index in [1.165, 1.54) is 10.8 Å². The number of benzene rings is 2. The molecule has 6 heteroatoms. The van der Waals surface area contributed by atoms with Crippen LogP contribution in [0.3, 0.4) is 0 Å². The van der Waals surface area contributed by atoms with Crippen LogP contribution in [0.5, 0.6) is 0 Å².